The molecule has 1 fully saturated rings. The zero-order valence-electron chi connectivity index (χ0n) is 17.5. The van der Waals surface area contributed by atoms with Crippen molar-refractivity contribution in [2.45, 2.75) is 51.4 Å². The lowest BCUT2D eigenvalue weighted by atomic mass is 10.1. The molecule has 0 radical (unpaired) electrons. The van der Waals surface area contributed by atoms with Crippen molar-refractivity contribution in [2.75, 3.05) is 5.75 Å². The highest BCUT2D eigenvalue weighted by molar-refractivity contribution is 7.99. The fraction of sp³-hybridized carbons (Fsp3) is 0.429. The SMILES string of the molecule is CC(=O)O[C@@H]1[C@@H](OC(C)=O)[C@@H](Oc2cccc(-c3cnoc3C)c2)SC[C@H]1OC(C)=O. The number of aryl methyl sites for hydroxylation is 1. The Kier molecular flexibility index (Phi) is 7.21. The van der Waals surface area contributed by atoms with Gasteiger partial charge in [-0.15, -0.1) is 11.8 Å². The van der Waals surface area contributed by atoms with Crippen molar-refractivity contribution in [1.82, 2.24) is 5.16 Å². The number of hydrogen-bond acceptors (Lipinski definition) is 10. The van der Waals surface area contributed by atoms with Gasteiger partial charge < -0.3 is 23.5 Å². The molecule has 1 aromatic heterocycles. The van der Waals surface area contributed by atoms with Crippen LogP contribution in [0.15, 0.2) is 35.0 Å². The van der Waals surface area contributed by atoms with Crippen LogP contribution >= 0.6 is 11.8 Å². The van der Waals surface area contributed by atoms with Crippen molar-refractivity contribution in [2.24, 2.45) is 0 Å². The van der Waals surface area contributed by atoms with E-state index in [1.165, 1.54) is 32.5 Å². The lowest BCUT2D eigenvalue weighted by Gasteiger charge is -2.39. The molecule has 1 saturated heterocycles. The second kappa shape index (κ2) is 9.86. The van der Waals surface area contributed by atoms with Gasteiger partial charge in [-0.25, -0.2) is 0 Å². The minimum atomic E-state index is -1.000. The smallest absolute Gasteiger partial charge is 0.303 e. The number of carbonyl (C=O) groups excluding carboxylic acids is 3. The predicted octanol–water partition coefficient (Wildman–Crippen LogP) is 2.90. The predicted molar refractivity (Wildman–Crippen MR) is 110 cm³/mol. The van der Waals surface area contributed by atoms with Crippen LogP contribution in [0.3, 0.4) is 0 Å². The van der Waals surface area contributed by atoms with Crippen LogP contribution < -0.4 is 4.74 Å². The van der Waals surface area contributed by atoms with Crippen LogP contribution in [0.5, 0.6) is 5.75 Å². The van der Waals surface area contributed by atoms with Gasteiger partial charge in [-0.1, -0.05) is 17.3 Å². The maximum atomic E-state index is 11.8. The molecule has 2 heterocycles. The van der Waals surface area contributed by atoms with Gasteiger partial charge in [-0.05, 0) is 24.6 Å². The lowest BCUT2D eigenvalue weighted by Crippen LogP contribution is -2.55. The van der Waals surface area contributed by atoms with Crippen LogP contribution in [0.1, 0.15) is 26.5 Å². The van der Waals surface area contributed by atoms with Gasteiger partial charge in [0.15, 0.2) is 23.7 Å². The zero-order chi connectivity index (χ0) is 22.5. The molecule has 0 saturated carbocycles. The van der Waals surface area contributed by atoms with Gasteiger partial charge in [-0.2, -0.15) is 0 Å². The van der Waals surface area contributed by atoms with E-state index in [9.17, 15) is 14.4 Å². The summed E-state index contributed by atoms with van der Waals surface area (Å²) >= 11 is 1.30. The fourth-order valence-electron chi connectivity index (χ4n) is 3.26. The second-order valence-electron chi connectivity index (χ2n) is 6.94. The Labute approximate surface area is 183 Å². The standard InChI is InChI=1S/C21H23NO8S/c1-11-17(9-22-30-11)15-6-5-7-16(8-15)29-21-20(28-14(4)25)19(27-13(3)24)18(10-31-21)26-12(2)23/h5-9,18-21H,10H2,1-4H3/t18-,19+,20-,21+/m1/s1. The quantitative estimate of drug-likeness (QED) is 0.482. The Morgan fingerprint density at radius 1 is 1.03 bits per heavy atom. The molecular weight excluding hydrogens is 426 g/mol. The van der Waals surface area contributed by atoms with Gasteiger partial charge in [0.25, 0.3) is 0 Å². The molecule has 0 amide bonds. The van der Waals surface area contributed by atoms with Gasteiger partial charge in [0.05, 0.1) is 6.20 Å². The van der Waals surface area contributed by atoms with Gasteiger partial charge >= 0.3 is 17.9 Å². The van der Waals surface area contributed by atoms with E-state index in [0.717, 1.165) is 11.1 Å². The van der Waals surface area contributed by atoms with Crippen molar-refractivity contribution in [3.8, 4) is 16.9 Å². The van der Waals surface area contributed by atoms with Crippen LogP contribution in [0.4, 0.5) is 0 Å². The maximum Gasteiger partial charge on any atom is 0.303 e. The number of benzene rings is 1. The Morgan fingerprint density at radius 3 is 2.32 bits per heavy atom. The summed E-state index contributed by atoms with van der Waals surface area (Å²) in [5.74, 6) is -0.213. The van der Waals surface area contributed by atoms with Crippen LogP contribution in [0, 0.1) is 6.92 Å². The molecule has 31 heavy (non-hydrogen) atoms. The minimum absolute atomic E-state index is 0.296. The molecule has 3 rings (SSSR count). The van der Waals surface area contributed by atoms with Crippen molar-refractivity contribution in [1.29, 1.82) is 0 Å². The van der Waals surface area contributed by atoms with E-state index in [1.807, 2.05) is 25.1 Å². The van der Waals surface area contributed by atoms with Gasteiger partial charge in [0.1, 0.15) is 11.5 Å². The molecule has 2 aromatic rings. The van der Waals surface area contributed by atoms with E-state index in [-0.39, 0.29) is 0 Å². The number of nitrogens with zero attached hydrogens (tertiary/aromatic N) is 1. The monoisotopic (exact) mass is 449 g/mol. The van der Waals surface area contributed by atoms with E-state index >= 15 is 0 Å². The van der Waals surface area contributed by atoms with Crippen molar-refractivity contribution >= 4 is 29.7 Å². The van der Waals surface area contributed by atoms with E-state index in [1.54, 1.807) is 12.3 Å². The molecule has 4 atom stereocenters. The number of rotatable bonds is 6. The molecule has 0 aliphatic carbocycles. The number of carbonyl (C=O) groups is 3. The summed E-state index contributed by atoms with van der Waals surface area (Å²) in [7, 11) is 0. The van der Waals surface area contributed by atoms with E-state index in [0.29, 0.717) is 17.3 Å². The molecule has 0 N–H and O–H groups in total. The summed E-state index contributed by atoms with van der Waals surface area (Å²) in [6.07, 6.45) is -1.14. The number of ether oxygens (including phenoxy) is 4. The Hall–Kier alpha value is -3.01. The summed E-state index contributed by atoms with van der Waals surface area (Å²) in [5.41, 5.74) is 0.972. The molecule has 166 valence electrons. The Bertz CT molecular complexity index is 958. The van der Waals surface area contributed by atoms with Crippen molar-refractivity contribution in [3.63, 3.8) is 0 Å². The normalized spacial score (nSPS) is 23.0. The van der Waals surface area contributed by atoms with Crippen LogP contribution in [0.25, 0.3) is 11.1 Å². The minimum Gasteiger partial charge on any atom is -0.476 e. The second-order valence-corrected chi connectivity index (χ2v) is 8.07. The molecule has 10 heteroatoms. The molecule has 0 spiro atoms. The number of hydrogen-bond donors (Lipinski definition) is 0. The largest absolute Gasteiger partial charge is 0.476 e. The average molecular weight is 449 g/mol. The van der Waals surface area contributed by atoms with Crippen molar-refractivity contribution < 1.29 is 37.9 Å². The highest BCUT2D eigenvalue weighted by Crippen LogP contribution is 2.35. The first-order valence-corrected chi connectivity index (χ1v) is 10.6. The summed E-state index contributed by atoms with van der Waals surface area (Å²) in [5, 5.41) is 3.79. The third kappa shape index (κ3) is 5.78. The first-order valence-electron chi connectivity index (χ1n) is 9.56. The molecule has 1 aliphatic heterocycles. The topological polar surface area (TPSA) is 114 Å². The van der Waals surface area contributed by atoms with Gasteiger partial charge in [0, 0.05) is 32.1 Å². The van der Waals surface area contributed by atoms with Gasteiger partial charge in [0.2, 0.25) is 0 Å². The Morgan fingerprint density at radius 2 is 1.71 bits per heavy atom. The third-order valence-electron chi connectivity index (χ3n) is 4.45. The van der Waals surface area contributed by atoms with Crippen LogP contribution in [0.2, 0.25) is 0 Å². The van der Waals surface area contributed by atoms with Crippen LogP contribution in [-0.2, 0) is 28.6 Å². The van der Waals surface area contributed by atoms with Crippen molar-refractivity contribution in [3.05, 3.63) is 36.2 Å². The maximum absolute atomic E-state index is 11.8. The molecule has 0 unspecified atom stereocenters. The highest BCUT2D eigenvalue weighted by atomic mass is 32.2. The number of aromatic nitrogens is 1. The molecule has 9 nitrogen and oxygen atoms in total. The number of esters is 3. The van der Waals surface area contributed by atoms with Gasteiger partial charge in [-0.3, -0.25) is 14.4 Å². The van der Waals surface area contributed by atoms with E-state index < -0.39 is 41.7 Å². The highest BCUT2D eigenvalue weighted by Gasteiger charge is 2.47. The zero-order valence-corrected chi connectivity index (χ0v) is 18.3. The molecule has 1 aliphatic rings. The Balaban J connectivity index is 1.87. The molecule has 0 bridgehead atoms. The number of thioether (sulfide) groups is 1. The summed E-state index contributed by atoms with van der Waals surface area (Å²) in [6, 6.07) is 7.28. The average Bonchev–Trinajstić information content (AvgIpc) is 3.11. The molecular formula is C21H23NO8S. The summed E-state index contributed by atoms with van der Waals surface area (Å²) in [6.45, 7) is 5.55. The van der Waals surface area contributed by atoms with E-state index in [4.69, 9.17) is 23.5 Å². The fourth-order valence-corrected chi connectivity index (χ4v) is 4.47. The first kappa shape index (κ1) is 22.7. The molecule has 1 aromatic carbocycles. The summed E-state index contributed by atoms with van der Waals surface area (Å²) < 4.78 is 27.4. The van der Waals surface area contributed by atoms with Crippen LogP contribution in [-0.4, -0.2) is 52.6 Å². The third-order valence-corrected chi connectivity index (χ3v) is 5.67. The first-order chi connectivity index (χ1) is 14.7. The summed E-state index contributed by atoms with van der Waals surface area (Å²) in [4.78, 5) is 34.9. The van der Waals surface area contributed by atoms with E-state index in [2.05, 4.69) is 5.16 Å². The lowest BCUT2D eigenvalue weighted by molar-refractivity contribution is -0.186.